The van der Waals surface area contributed by atoms with Gasteiger partial charge in [0.2, 0.25) is 0 Å². The van der Waals surface area contributed by atoms with Gasteiger partial charge in [0.05, 0.1) is 23.2 Å². The van der Waals surface area contributed by atoms with Crippen LogP contribution < -0.4 is 16.0 Å². The fourth-order valence-electron chi connectivity index (χ4n) is 2.10. The molecule has 0 aliphatic carbocycles. The third-order valence-corrected chi connectivity index (χ3v) is 4.84. The van der Waals surface area contributed by atoms with E-state index in [1.807, 2.05) is 30.3 Å². The number of nitrogens with two attached hydrogens (primary N) is 1. The smallest absolute Gasteiger partial charge is 0.119 e. The summed E-state index contributed by atoms with van der Waals surface area (Å²) in [6.45, 7) is 0. The molecular weight excluding hydrogens is 375 g/mol. The molecule has 0 aliphatic rings. The molecule has 0 aliphatic heterocycles. The first-order valence-electron chi connectivity index (χ1n) is 6.29. The number of hydrazine groups is 1. The molecule has 21 heavy (non-hydrogen) atoms. The normalized spacial score (nSPS) is 12.2. The van der Waals surface area contributed by atoms with Crippen LogP contribution in [0.2, 0.25) is 10.0 Å². The maximum atomic E-state index is 6.27. The molecule has 2 aromatic rings. The van der Waals surface area contributed by atoms with Crippen LogP contribution in [-0.2, 0) is 6.42 Å². The molecule has 0 saturated heterocycles. The SMILES string of the molecule is COc1ccc(Br)c(CC(NN)c2cccc(Cl)c2Cl)c1. The lowest BCUT2D eigenvalue weighted by atomic mass is 9.99. The minimum Gasteiger partial charge on any atom is -0.497 e. The highest BCUT2D eigenvalue weighted by Gasteiger charge is 2.17. The second-order valence-electron chi connectivity index (χ2n) is 4.52. The summed E-state index contributed by atoms with van der Waals surface area (Å²) in [5, 5.41) is 1.03. The number of rotatable bonds is 5. The Morgan fingerprint density at radius 2 is 2.05 bits per heavy atom. The Hall–Kier alpha value is -0.780. The Labute approximate surface area is 142 Å². The summed E-state index contributed by atoms with van der Waals surface area (Å²) in [6, 6.07) is 11.2. The molecule has 0 radical (unpaired) electrons. The highest BCUT2D eigenvalue weighted by molar-refractivity contribution is 9.10. The molecule has 6 heteroatoms. The largest absolute Gasteiger partial charge is 0.497 e. The highest BCUT2D eigenvalue weighted by Crippen LogP contribution is 2.33. The summed E-state index contributed by atoms with van der Waals surface area (Å²) in [5.41, 5.74) is 4.72. The molecule has 2 aromatic carbocycles. The van der Waals surface area contributed by atoms with E-state index in [2.05, 4.69) is 21.4 Å². The predicted molar refractivity (Wildman–Crippen MR) is 90.9 cm³/mol. The number of hydrogen-bond donors (Lipinski definition) is 2. The molecule has 0 fully saturated rings. The van der Waals surface area contributed by atoms with Crippen LogP contribution in [-0.4, -0.2) is 7.11 Å². The first-order valence-corrected chi connectivity index (χ1v) is 7.84. The van der Waals surface area contributed by atoms with Crippen molar-refractivity contribution in [3.05, 3.63) is 62.0 Å². The second kappa shape index (κ2) is 7.47. The van der Waals surface area contributed by atoms with E-state index in [9.17, 15) is 0 Å². The Morgan fingerprint density at radius 3 is 2.71 bits per heavy atom. The summed E-state index contributed by atoms with van der Waals surface area (Å²) in [5.74, 6) is 6.49. The zero-order valence-electron chi connectivity index (χ0n) is 11.4. The topological polar surface area (TPSA) is 47.3 Å². The van der Waals surface area contributed by atoms with E-state index in [-0.39, 0.29) is 6.04 Å². The Kier molecular flexibility index (Phi) is 5.90. The molecule has 0 amide bonds. The van der Waals surface area contributed by atoms with Gasteiger partial charge >= 0.3 is 0 Å². The number of benzene rings is 2. The second-order valence-corrected chi connectivity index (χ2v) is 6.16. The van der Waals surface area contributed by atoms with Gasteiger partial charge in [0.25, 0.3) is 0 Å². The third kappa shape index (κ3) is 3.90. The molecule has 0 spiro atoms. The summed E-state index contributed by atoms with van der Waals surface area (Å²) >= 11 is 15.9. The van der Waals surface area contributed by atoms with Crippen LogP contribution in [0.15, 0.2) is 40.9 Å². The van der Waals surface area contributed by atoms with Crippen molar-refractivity contribution in [1.29, 1.82) is 0 Å². The molecule has 0 saturated carbocycles. The molecule has 0 bridgehead atoms. The van der Waals surface area contributed by atoms with Crippen molar-refractivity contribution in [2.75, 3.05) is 7.11 Å². The van der Waals surface area contributed by atoms with Crippen molar-refractivity contribution >= 4 is 39.1 Å². The van der Waals surface area contributed by atoms with Crippen molar-refractivity contribution in [1.82, 2.24) is 5.43 Å². The van der Waals surface area contributed by atoms with E-state index in [4.69, 9.17) is 33.8 Å². The van der Waals surface area contributed by atoms with E-state index < -0.39 is 0 Å². The van der Waals surface area contributed by atoms with Crippen LogP contribution in [0.25, 0.3) is 0 Å². The van der Waals surface area contributed by atoms with Crippen LogP contribution >= 0.6 is 39.1 Å². The van der Waals surface area contributed by atoms with Crippen LogP contribution in [0.1, 0.15) is 17.2 Å². The lowest BCUT2D eigenvalue weighted by Crippen LogP contribution is -2.30. The van der Waals surface area contributed by atoms with Gasteiger partial charge in [0.1, 0.15) is 5.75 Å². The van der Waals surface area contributed by atoms with E-state index in [1.165, 1.54) is 0 Å². The first kappa shape index (κ1) is 16.6. The Balaban J connectivity index is 2.33. The molecule has 2 rings (SSSR count). The van der Waals surface area contributed by atoms with E-state index >= 15 is 0 Å². The molecular formula is C15H15BrCl2N2O. The number of ether oxygens (including phenoxy) is 1. The summed E-state index contributed by atoms with van der Waals surface area (Å²) in [4.78, 5) is 0. The molecule has 0 aromatic heterocycles. The molecule has 1 atom stereocenters. The summed E-state index contributed by atoms with van der Waals surface area (Å²) in [7, 11) is 1.64. The predicted octanol–water partition coefficient (Wildman–Crippen LogP) is 4.51. The zero-order valence-corrected chi connectivity index (χ0v) is 14.5. The van der Waals surface area contributed by atoms with Gasteiger partial charge in [-0.2, -0.15) is 0 Å². The fourth-order valence-corrected chi connectivity index (χ4v) is 2.95. The quantitative estimate of drug-likeness (QED) is 0.584. The van der Waals surface area contributed by atoms with Crippen LogP contribution in [0.3, 0.4) is 0 Å². The van der Waals surface area contributed by atoms with E-state index in [1.54, 1.807) is 13.2 Å². The minimum atomic E-state index is -0.153. The van der Waals surface area contributed by atoms with E-state index in [0.29, 0.717) is 16.5 Å². The molecule has 0 heterocycles. The average molecular weight is 390 g/mol. The number of nitrogens with one attached hydrogen (secondary N) is 1. The summed E-state index contributed by atoms with van der Waals surface area (Å²) in [6.07, 6.45) is 0.647. The minimum absolute atomic E-state index is 0.153. The molecule has 3 N–H and O–H groups in total. The van der Waals surface area contributed by atoms with Crippen molar-refractivity contribution in [3.8, 4) is 5.75 Å². The van der Waals surface area contributed by atoms with Gasteiger partial charge in [-0.15, -0.1) is 0 Å². The Morgan fingerprint density at radius 1 is 1.29 bits per heavy atom. The number of methoxy groups -OCH3 is 1. The fraction of sp³-hybridized carbons (Fsp3) is 0.200. The molecule has 1 unspecified atom stereocenters. The number of hydrogen-bond acceptors (Lipinski definition) is 3. The Bertz CT molecular complexity index is 637. The van der Waals surface area contributed by atoms with Gasteiger partial charge in [-0.05, 0) is 41.8 Å². The number of halogens is 3. The summed E-state index contributed by atoms with van der Waals surface area (Å²) < 4.78 is 6.24. The first-order chi connectivity index (χ1) is 10.1. The van der Waals surface area contributed by atoms with Crippen LogP contribution in [0.5, 0.6) is 5.75 Å². The van der Waals surface area contributed by atoms with Crippen molar-refractivity contribution in [2.45, 2.75) is 12.5 Å². The van der Waals surface area contributed by atoms with Crippen molar-refractivity contribution in [3.63, 3.8) is 0 Å². The average Bonchev–Trinajstić information content (AvgIpc) is 2.49. The van der Waals surface area contributed by atoms with Gasteiger partial charge in [0.15, 0.2) is 0 Å². The maximum absolute atomic E-state index is 6.27. The van der Waals surface area contributed by atoms with Crippen molar-refractivity contribution < 1.29 is 4.74 Å². The monoisotopic (exact) mass is 388 g/mol. The highest BCUT2D eigenvalue weighted by atomic mass is 79.9. The van der Waals surface area contributed by atoms with Gasteiger partial charge in [0, 0.05) is 4.47 Å². The van der Waals surface area contributed by atoms with Crippen molar-refractivity contribution in [2.24, 2.45) is 5.84 Å². The third-order valence-electron chi connectivity index (χ3n) is 3.23. The molecule has 3 nitrogen and oxygen atoms in total. The van der Waals surface area contributed by atoms with Gasteiger partial charge in [-0.3, -0.25) is 11.3 Å². The van der Waals surface area contributed by atoms with E-state index in [0.717, 1.165) is 21.3 Å². The van der Waals surface area contributed by atoms with Gasteiger partial charge in [-0.1, -0.05) is 51.3 Å². The maximum Gasteiger partial charge on any atom is 0.119 e. The van der Waals surface area contributed by atoms with Gasteiger partial charge < -0.3 is 4.74 Å². The molecule has 112 valence electrons. The lowest BCUT2D eigenvalue weighted by molar-refractivity contribution is 0.413. The zero-order chi connectivity index (χ0) is 15.4. The van der Waals surface area contributed by atoms with Gasteiger partial charge in [-0.25, -0.2) is 0 Å². The van der Waals surface area contributed by atoms with Crippen LogP contribution in [0.4, 0.5) is 0 Å². The van der Waals surface area contributed by atoms with Crippen LogP contribution in [0, 0.1) is 0 Å². The standard InChI is InChI=1S/C15H15BrCl2N2O/c1-21-10-5-6-12(16)9(7-10)8-14(20-19)11-3-2-4-13(17)15(11)18/h2-7,14,20H,8,19H2,1H3. The lowest BCUT2D eigenvalue weighted by Gasteiger charge is -2.19.